The van der Waals surface area contributed by atoms with Gasteiger partial charge in [-0.05, 0) is 31.9 Å². The minimum atomic E-state index is 0.271. The largest absolute Gasteiger partial charge is 0.508 e. The fourth-order valence-electron chi connectivity index (χ4n) is 2.34. The van der Waals surface area contributed by atoms with Gasteiger partial charge in [-0.3, -0.25) is 0 Å². The minimum absolute atomic E-state index is 0.271. The zero-order valence-corrected chi connectivity index (χ0v) is 9.77. The molecule has 0 amide bonds. The van der Waals surface area contributed by atoms with E-state index in [1.54, 1.807) is 12.1 Å². The van der Waals surface area contributed by atoms with Gasteiger partial charge in [0, 0.05) is 12.6 Å². The van der Waals surface area contributed by atoms with Gasteiger partial charge in [0.05, 0.1) is 22.8 Å². The summed E-state index contributed by atoms with van der Waals surface area (Å²) in [5, 5.41) is 17.5. The van der Waals surface area contributed by atoms with E-state index in [-0.39, 0.29) is 5.75 Å². The predicted octanol–water partition coefficient (Wildman–Crippen LogP) is 2.24. The SMILES string of the molecule is Cc1nn(-c2cccc(O)c2)c2c1NCCC2. The summed E-state index contributed by atoms with van der Waals surface area (Å²) >= 11 is 0. The van der Waals surface area contributed by atoms with Crippen molar-refractivity contribution in [2.24, 2.45) is 0 Å². The summed E-state index contributed by atoms with van der Waals surface area (Å²) in [6, 6.07) is 7.21. The average Bonchev–Trinajstić information content (AvgIpc) is 2.68. The van der Waals surface area contributed by atoms with E-state index in [4.69, 9.17) is 0 Å². The van der Waals surface area contributed by atoms with Crippen molar-refractivity contribution < 1.29 is 5.11 Å². The molecule has 4 heteroatoms. The van der Waals surface area contributed by atoms with Gasteiger partial charge in [0.25, 0.3) is 0 Å². The number of nitrogens with one attached hydrogen (secondary N) is 1. The molecule has 3 rings (SSSR count). The number of rotatable bonds is 1. The number of hydrogen-bond donors (Lipinski definition) is 2. The molecule has 17 heavy (non-hydrogen) atoms. The summed E-state index contributed by atoms with van der Waals surface area (Å²) in [6.07, 6.45) is 2.15. The first kappa shape index (κ1) is 10.2. The van der Waals surface area contributed by atoms with Gasteiger partial charge >= 0.3 is 0 Å². The number of phenols is 1. The van der Waals surface area contributed by atoms with Crippen LogP contribution >= 0.6 is 0 Å². The first-order chi connectivity index (χ1) is 8.25. The Labute approximate surface area is 99.9 Å². The van der Waals surface area contributed by atoms with E-state index in [1.165, 1.54) is 5.69 Å². The highest BCUT2D eigenvalue weighted by molar-refractivity contribution is 5.57. The Morgan fingerprint density at radius 1 is 1.41 bits per heavy atom. The van der Waals surface area contributed by atoms with E-state index < -0.39 is 0 Å². The molecular weight excluding hydrogens is 214 g/mol. The molecule has 0 saturated carbocycles. The van der Waals surface area contributed by atoms with Gasteiger partial charge in [-0.1, -0.05) is 6.07 Å². The highest BCUT2D eigenvalue weighted by atomic mass is 16.3. The second kappa shape index (κ2) is 3.80. The summed E-state index contributed by atoms with van der Waals surface area (Å²) < 4.78 is 1.93. The van der Waals surface area contributed by atoms with E-state index in [0.717, 1.165) is 36.5 Å². The molecule has 4 nitrogen and oxygen atoms in total. The van der Waals surface area contributed by atoms with Gasteiger partial charge in [-0.2, -0.15) is 5.10 Å². The molecule has 0 atom stereocenters. The summed E-state index contributed by atoms with van der Waals surface area (Å²) in [5.41, 5.74) is 4.29. The van der Waals surface area contributed by atoms with Gasteiger partial charge in [-0.15, -0.1) is 0 Å². The third-order valence-corrected chi connectivity index (χ3v) is 3.12. The van der Waals surface area contributed by atoms with Gasteiger partial charge in [0.1, 0.15) is 5.75 Å². The number of nitrogens with zero attached hydrogens (tertiary/aromatic N) is 2. The number of anilines is 1. The van der Waals surface area contributed by atoms with Crippen LogP contribution in [0.5, 0.6) is 5.75 Å². The number of hydrogen-bond acceptors (Lipinski definition) is 3. The van der Waals surface area contributed by atoms with Gasteiger partial charge in [0.2, 0.25) is 0 Å². The van der Waals surface area contributed by atoms with Crippen LogP contribution in [0, 0.1) is 6.92 Å². The predicted molar refractivity (Wildman–Crippen MR) is 66.8 cm³/mol. The number of aromatic hydroxyl groups is 1. The van der Waals surface area contributed by atoms with Crippen molar-refractivity contribution in [1.82, 2.24) is 9.78 Å². The Bertz CT molecular complexity index is 560. The second-order valence-electron chi connectivity index (χ2n) is 4.37. The fraction of sp³-hybridized carbons (Fsp3) is 0.308. The van der Waals surface area contributed by atoms with Crippen LogP contribution in [0.4, 0.5) is 5.69 Å². The van der Waals surface area contributed by atoms with Gasteiger partial charge < -0.3 is 10.4 Å². The van der Waals surface area contributed by atoms with Crippen LogP contribution in [0.3, 0.4) is 0 Å². The summed E-state index contributed by atoms with van der Waals surface area (Å²) in [5.74, 6) is 0.271. The maximum Gasteiger partial charge on any atom is 0.117 e. The van der Waals surface area contributed by atoms with Crippen molar-refractivity contribution in [3.63, 3.8) is 0 Å². The van der Waals surface area contributed by atoms with Crippen LogP contribution in [0.15, 0.2) is 24.3 Å². The lowest BCUT2D eigenvalue weighted by atomic mass is 10.1. The number of phenolic OH excluding ortho intramolecular Hbond substituents is 1. The van der Waals surface area contributed by atoms with Crippen molar-refractivity contribution in [2.75, 3.05) is 11.9 Å². The lowest BCUT2D eigenvalue weighted by molar-refractivity contribution is 0.474. The maximum atomic E-state index is 9.53. The van der Waals surface area contributed by atoms with E-state index >= 15 is 0 Å². The van der Waals surface area contributed by atoms with Crippen molar-refractivity contribution in [2.45, 2.75) is 19.8 Å². The lowest BCUT2D eigenvalue weighted by Gasteiger charge is -2.16. The Hall–Kier alpha value is -1.97. The molecule has 0 saturated heterocycles. The monoisotopic (exact) mass is 229 g/mol. The summed E-state index contributed by atoms with van der Waals surface area (Å²) in [4.78, 5) is 0. The van der Waals surface area contributed by atoms with E-state index in [1.807, 2.05) is 23.7 Å². The second-order valence-corrected chi connectivity index (χ2v) is 4.37. The zero-order chi connectivity index (χ0) is 11.8. The molecule has 0 bridgehead atoms. The van der Waals surface area contributed by atoms with Crippen LogP contribution in [0.2, 0.25) is 0 Å². The fourth-order valence-corrected chi connectivity index (χ4v) is 2.34. The van der Waals surface area contributed by atoms with Crippen molar-refractivity contribution >= 4 is 5.69 Å². The van der Waals surface area contributed by atoms with E-state index in [9.17, 15) is 5.11 Å². The molecule has 1 aliphatic heterocycles. The molecule has 2 aromatic rings. The zero-order valence-electron chi connectivity index (χ0n) is 9.77. The third-order valence-electron chi connectivity index (χ3n) is 3.12. The highest BCUT2D eigenvalue weighted by Gasteiger charge is 2.18. The standard InChI is InChI=1S/C13H15N3O/c1-9-13-12(6-3-7-14-13)16(15-9)10-4-2-5-11(17)8-10/h2,4-5,8,14,17H,3,6-7H2,1H3. The molecule has 0 fully saturated rings. The van der Waals surface area contributed by atoms with Crippen molar-refractivity contribution in [3.8, 4) is 11.4 Å². The molecule has 88 valence electrons. The van der Waals surface area contributed by atoms with E-state index in [0.29, 0.717) is 0 Å². The Balaban J connectivity index is 2.15. The topological polar surface area (TPSA) is 50.1 Å². The first-order valence-electron chi connectivity index (χ1n) is 5.87. The number of benzene rings is 1. The highest BCUT2D eigenvalue weighted by Crippen LogP contribution is 2.28. The molecular formula is C13H15N3O. The third kappa shape index (κ3) is 1.65. The molecule has 1 aromatic carbocycles. The normalized spacial score (nSPS) is 14.2. The first-order valence-corrected chi connectivity index (χ1v) is 5.87. The summed E-state index contributed by atoms with van der Waals surface area (Å²) in [7, 11) is 0. The Kier molecular flexibility index (Phi) is 2.28. The molecule has 1 aromatic heterocycles. The molecule has 2 N–H and O–H groups in total. The smallest absolute Gasteiger partial charge is 0.117 e. The van der Waals surface area contributed by atoms with Crippen molar-refractivity contribution in [1.29, 1.82) is 0 Å². The molecule has 0 spiro atoms. The Morgan fingerprint density at radius 2 is 2.29 bits per heavy atom. The molecule has 1 aliphatic rings. The number of fused-ring (bicyclic) bond motifs is 1. The Morgan fingerprint density at radius 3 is 3.12 bits per heavy atom. The minimum Gasteiger partial charge on any atom is -0.508 e. The average molecular weight is 229 g/mol. The number of aryl methyl sites for hydroxylation is 1. The molecule has 0 unspecified atom stereocenters. The maximum absolute atomic E-state index is 9.53. The van der Waals surface area contributed by atoms with Crippen LogP contribution in [-0.2, 0) is 6.42 Å². The van der Waals surface area contributed by atoms with Crippen LogP contribution in [-0.4, -0.2) is 21.4 Å². The number of aromatic nitrogens is 2. The van der Waals surface area contributed by atoms with Gasteiger partial charge in [0.15, 0.2) is 0 Å². The van der Waals surface area contributed by atoms with Crippen LogP contribution < -0.4 is 5.32 Å². The molecule has 2 heterocycles. The van der Waals surface area contributed by atoms with E-state index in [2.05, 4.69) is 10.4 Å². The summed E-state index contributed by atoms with van der Waals surface area (Å²) in [6.45, 7) is 3.02. The van der Waals surface area contributed by atoms with Crippen molar-refractivity contribution in [3.05, 3.63) is 35.7 Å². The van der Waals surface area contributed by atoms with Crippen LogP contribution in [0.1, 0.15) is 17.8 Å². The molecule has 0 aliphatic carbocycles. The lowest BCUT2D eigenvalue weighted by Crippen LogP contribution is -2.13. The van der Waals surface area contributed by atoms with Gasteiger partial charge in [-0.25, -0.2) is 4.68 Å². The molecule has 0 radical (unpaired) electrons. The van der Waals surface area contributed by atoms with Crippen LogP contribution in [0.25, 0.3) is 5.69 Å². The quantitative estimate of drug-likeness (QED) is 0.788.